The number of H-pyrrole nitrogens is 1. The van der Waals surface area contributed by atoms with Crippen molar-refractivity contribution in [2.75, 3.05) is 0 Å². The van der Waals surface area contributed by atoms with Crippen LogP contribution < -0.4 is 0 Å². The van der Waals surface area contributed by atoms with E-state index in [1.807, 2.05) is 54.7 Å². The first kappa shape index (κ1) is 11.1. The first-order chi connectivity index (χ1) is 9.92. The van der Waals surface area contributed by atoms with Gasteiger partial charge in [0, 0.05) is 28.2 Å². The Bertz CT molecular complexity index is 859. The van der Waals surface area contributed by atoms with Gasteiger partial charge >= 0.3 is 0 Å². The Hall–Kier alpha value is -2.81. The smallest absolute Gasteiger partial charge is 0.226 e. The van der Waals surface area contributed by atoms with Crippen molar-refractivity contribution >= 4 is 10.9 Å². The third kappa shape index (κ3) is 1.72. The van der Waals surface area contributed by atoms with Crippen molar-refractivity contribution in [1.29, 1.82) is 0 Å². The van der Waals surface area contributed by atoms with Crippen molar-refractivity contribution in [2.45, 2.75) is 0 Å². The van der Waals surface area contributed by atoms with Crippen LogP contribution in [0.3, 0.4) is 0 Å². The van der Waals surface area contributed by atoms with Crippen molar-refractivity contribution in [3.8, 4) is 22.8 Å². The Morgan fingerprint density at radius 1 is 0.900 bits per heavy atom. The summed E-state index contributed by atoms with van der Waals surface area (Å²) in [5.41, 5.74) is 3.12. The summed E-state index contributed by atoms with van der Waals surface area (Å²) < 4.78 is 5.89. The number of hydrogen-bond donors (Lipinski definition) is 1. The van der Waals surface area contributed by atoms with Crippen LogP contribution in [0.5, 0.6) is 0 Å². The van der Waals surface area contributed by atoms with Gasteiger partial charge in [-0.05, 0) is 18.2 Å². The number of hydrogen-bond acceptors (Lipinski definition) is 2. The molecule has 0 unspecified atom stereocenters. The maximum atomic E-state index is 5.89. The number of rotatable bonds is 2. The average molecular weight is 260 g/mol. The van der Waals surface area contributed by atoms with Crippen molar-refractivity contribution < 1.29 is 4.42 Å². The van der Waals surface area contributed by atoms with Crippen molar-refractivity contribution in [1.82, 2.24) is 9.97 Å². The minimum atomic E-state index is 0.644. The van der Waals surface area contributed by atoms with Crippen LogP contribution in [0.4, 0.5) is 0 Å². The van der Waals surface area contributed by atoms with Crippen LogP contribution >= 0.6 is 0 Å². The molecule has 0 amide bonds. The van der Waals surface area contributed by atoms with Gasteiger partial charge in [-0.15, -0.1) is 0 Å². The van der Waals surface area contributed by atoms with Gasteiger partial charge in [0.15, 0.2) is 5.76 Å². The molecule has 96 valence electrons. The second kappa shape index (κ2) is 4.38. The molecular weight excluding hydrogens is 248 g/mol. The molecule has 0 saturated heterocycles. The highest BCUT2D eigenvalue weighted by molar-refractivity contribution is 5.94. The second-order valence-corrected chi connectivity index (χ2v) is 4.64. The molecule has 20 heavy (non-hydrogen) atoms. The molecule has 4 rings (SSSR count). The van der Waals surface area contributed by atoms with Gasteiger partial charge in [0.1, 0.15) is 0 Å². The van der Waals surface area contributed by atoms with Crippen LogP contribution in [0.15, 0.2) is 71.4 Å². The van der Waals surface area contributed by atoms with E-state index in [2.05, 4.69) is 16.0 Å². The lowest BCUT2D eigenvalue weighted by Gasteiger charge is -1.95. The monoisotopic (exact) mass is 260 g/mol. The fourth-order valence-corrected chi connectivity index (χ4v) is 2.39. The van der Waals surface area contributed by atoms with E-state index in [9.17, 15) is 0 Å². The maximum Gasteiger partial charge on any atom is 0.226 e. The highest BCUT2D eigenvalue weighted by Gasteiger charge is 2.11. The van der Waals surface area contributed by atoms with Crippen LogP contribution in [0.1, 0.15) is 0 Å². The number of oxazole rings is 1. The molecule has 0 radical (unpaired) electrons. The summed E-state index contributed by atoms with van der Waals surface area (Å²) >= 11 is 0. The number of nitrogens with zero attached hydrogens (tertiary/aromatic N) is 1. The van der Waals surface area contributed by atoms with E-state index in [0.29, 0.717) is 5.89 Å². The van der Waals surface area contributed by atoms with E-state index < -0.39 is 0 Å². The molecule has 2 aromatic carbocycles. The molecule has 0 spiro atoms. The standard InChI is InChI=1S/C17H12N2O/c1-2-6-12(7-3-1)17-19-11-16(20-17)14-10-18-15-9-5-4-8-13(14)15/h1-11,18H. The third-order valence-corrected chi connectivity index (χ3v) is 3.38. The molecule has 3 heteroatoms. The summed E-state index contributed by atoms with van der Waals surface area (Å²) in [5, 5.41) is 1.14. The molecule has 0 aliphatic carbocycles. The van der Waals surface area contributed by atoms with E-state index in [-0.39, 0.29) is 0 Å². The summed E-state index contributed by atoms with van der Waals surface area (Å²) in [6.45, 7) is 0. The zero-order valence-corrected chi connectivity index (χ0v) is 10.7. The van der Waals surface area contributed by atoms with Crippen molar-refractivity contribution in [3.63, 3.8) is 0 Å². The Labute approximate surface area is 115 Å². The average Bonchev–Trinajstić information content (AvgIpc) is 3.14. The summed E-state index contributed by atoms with van der Waals surface area (Å²) in [6.07, 6.45) is 3.73. The highest BCUT2D eigenvalue weighted by atomic mass is 16.4. The Morgan fingerprint density at radius 3 is 2.60 bits per heavy atom. The first-order valence-electron chi connectivity index (χ1n) is 6.49. The van der Waals surface area contributed by atoms with Gasteiger partial charge in [-0.1, -0.05) is 36.4 Å². The van der Waals surface area contributed by atoms with E-state index >= 15 is 0 Å². The molecule has 2 heterocycles. The quantitative estimate of drug-likeness (QED) is 0.577. The normalized spacial score (nSPS) is 11.0. The molecule has 3 nitrogen and oxygen atoms in total. The Balaban J connectivity index is 1.82. The molecule has 0 fully saturated rings. The topological polar surface area (TPSA) is 41.8 Å². The van der Waals surface area contributed by atoms with Gasteiger partial charge < -0.3 is 9.40 Å². The number of para-hydroxylation sites is 1. The van der Waals surface area contributed by atoms with Gasteiger partial charge in [0.05, 0.1) is 6.20 Å². The first-order valence-corrected chi connectivity index (χ1v) is 6.49. The number of fused-ring (bicyclic) bond motifs is 1. The fraction of sp³-hybridized carbons (Fsp3) is 0. The van der Waals surface area contributed by atoms with Gasteiger partial charge in [-0.3, -0.25) is 0 Å². The largest absolute Gasteiger partial charge is 0.436 e. The minimum absolute atomic E-state index is 0.644. The molecule has 1 N–H and O–H groups in total. The Morgan fingerprint density at radius 2 is 1.70 bits per heavy atom. The van der Waals surface area contributed by atoms with E-state index in [1.54, 1.807) is 6.20 Å². The lowest BCUT2D eigenvalue weighted by Crippen LogP contribution is -1.73. The number of aromatic nitrogens is 2. The van der Waals surface area contributed by atoms with Crippen molar-refractivity contribution in [3.05, 3.63) is 67.0 Å². The third-order valence-electron chi connectivity index (χ3n) is 3.38. The van der Waals surface area contributed by atoms with Gasteiger partial charge in [0.2, 0.25) is 5.89 Å². The summed E-state index contributed by atoms with van der Waals surface area (Å²) in [5.74, 6) is 1.42. The van der Waals surface area contributed by atoms with Crippen LogP contribution in [-0.2, 0) is 0 Å². The highest BCUT2D eigenvalue weighted by Crippen LogP contribution is 2.31. The van der Waals surface area contributed by atoms with Gasteiger partial charge in [-0.25, -0.2) is 4.98 Å². The second-order valence-electron chi connectivity index (χ2n) is 4.64. The number of aromatic amines is 1. The molecule has 2 aromatic heterocycles. The molecule has 0 aliphatic heterocycles. The maximum absolute atomic E-state index is 5.89. The summed E-state index contributed by atoms with van der Waals surface area (Å²) in [6, 6.07) is 18.1. The van der Waals surface area contributed by atoms with Gasteiger partial charge in [0.25, 0.3) is 0 Å². The van der Waals surface area contributed by atoms with Crippen LogP contribution in [0.25, 0.3) is 33.7 Å². The van der Waals surface area contributed by atoms with E-state index in [1.165, 1.54) is 0 Å². The van der Waals surface area contributed by atoms with Crippen LogP contribution in [-0.4, -0.2) is 9.97 Å². The summed E-state index contributed by atoms with van der Waals surface area (Å²) in [4.78, 5) is 7.62. The minimum Gasteiger partial charge on any atom is -0.436 e. The zero-order valence-electron chi connectivity index (χ0n) is 10.7. The van der Waals surface area contributed by atoms with E-state index in [0.717, 1.165) is 27.8 Å². The summed E-state index contributed by atoms with van der Waals surface area (Å²) in [7, 11) is 0. The lowest BCUT2D eigenvalue weighted by molar-refractivity contribution is 0.589. The zero-order chi connectivity index (χ0) is 13.4. The van der Waals surface area contributed by atoms with Crippen LogP contribution in [0, 0.1) is 0 Å². The predicted molar refractivity (Wildman–Crippen MR) is 79.2 cm³/mol. The number of nitrogens with one attached hydrogen (secondary N) is 1. The molecule has 0 aliphatic rings. The molecule has 0 bridgehead atoms. The predicted octanol–water partition coefficient (Wildman–Crippen LogP) is 4.49. The Kier molecular flexibility index (Phi) is 2.42. The SMILES string of the molecule is c1ccc(-c2ncc(-c3c[nH]c4ccccc34)o2)cc1. The molecular formula is C17H12N2O. The number of benzene rings is 2. The van der Waals surface area contributed by atoms with Crippen LogP contribution in [0.2, 0.25) is 0 Å². The lowest BCUT2D eigenvalue weighted by atomic mass is 10.1. The molecule has 4 aromatic rings. The molecule has 0 saturated carbocycles. The fourth-order valence-electron chi connectivity index (χ4n) is 2.39. The van der Waals surface area contributed by atoms with E-state index in [4.69, 9.17) is 4.42 Å². The van der Waals surface area contributed by atoms with Crippen molar-refractivity contribution in [2.24, 2.45) is 0 Å². The molecule has 0 atom stereocenters. The van der Waals surface area contributed by atoms with Gasteiger partial charge in [-0.2, -0.15) is 0 Å².